The molecule has 1 saturated heterocycles. The summed E-state index contributed by atoms with van der Waals surface area (Å²) in [5.74, 6) is 1.08. The average molecular weight is 352 g/mol. The average Bonchev–Trinajstić information content (AvgIpc) is 3.10. The minimum Gasteiger partial charge on any atom is -0.357 e. The lowest BCUT2D eigenvalue weighted by molar-refractivity contribution is -0.138. The smallest absolute Gasteiger partial charge is 0.230 e. The fourth-order valence-corrected chi connectivity index (χ4v) is 4.05. The molecule has 0 bridgehead atoms. The Hall–Kier alpha value is -1.30. The zero-order valence-electron chi connectivity index (χ0n) is 16.4. The Bertz CT molecular complexity index is 437. The van der Waals surface area contributed by atoms with Crippen LogP contribution in [0.25, 0.3) is 0 Å². The van der Waals surface area contributed by atoms with Gasteiger partial charge in [-0.2, -0.15) is 0 Å². The molecule has 0 aromatic carbocycles. The Morgan fingerprint density at radius 2 is 1.76 bits per heavy atom. The van der Waals surface area contributed by atoms with Crippen molar-refractivity contribution in [2.45, 2.75) is 51.9 Å². The fraction of sp³-hybridized carbons (Fsp3) is 0.895. The van der Waals surface area contributed by atoms with Gasteiger partial charge in [0.15, 0.2) is 5.96 Å². The third-order valence-electron chi connectivity index (χ3n) is 5.47. The maximum Gasteiger partial charge on any atom is 0.230 e. The van der Waals surface area contributed by atoms with Crippen molar-refractivity contribution in [1.82, 2.24) is 20.4 Å². The van der Waals surface area contributed by atoms with Gasteiger partial charge in [0.25, 0.3) is 0 Å². The predicted octanol–water partition coefficient (Wildman–Crippen LogP) is 1.68. The van der Waals surface area contributed by atoms with Gasteiger partial charge in [-0.25, -0.2) is 0 Å². The van der Waals surface area contributed by atoms with E-state index >= 15 is 0 Å². The van der Waals surface area contributed by atoms with E-state index in [1.165, 1.54) is 32.4 Å². The molecule has 1 amide bonds. The van der Waals surface area contributed by atoms with Gasteiger partial charge in [-0.05, 0) is 45.7 Å². The SMILES string of the molecule is CCNC(=NCC1(C(=O)N(C)C)CCCC1)NCCN1CCCCC1. The summed E-state index contributed by atoms with van der Waals surface area (Å²) in [4.78, 5) is 21.7. The Kier molecular flexibility index (Phi) is 8.00. The highest BCUT2D eigenvalue weighted by atomic mass is 16.2. The van der Waals surface area contributed by atoms with Crippen LogP contribution in [-0.4, -0.2) is 75.0 Å². The molecule has 25 heavy (non-hydrogen) atoms. The molecule has 2 rings (SSSR count). The Labute approximate surface area is 153 Å². The first-order chi connectivity index (χ1) is 12.1. The number of likely N-dealkylation sites (tertiary alicyclic amines) is 1. The van der Waals surface area contributed by atoms with E-state index in [4.69, 9.17) is 4.99 Å². The summed E-state index contributed by atoms with van der Waals surface area (Å²) in [6.45, 7) is 7.91. The zero-order chi connectivity index (χ0) is 18.1. The number of guanidine groups is 1. The summed E-state index contributed by atoms with van der Waals surface area (Å²) >= 11 is 0. The summed E-state index contributed by atoms with van der Waals surface area (Å²) in [6.07, 6.45) is 8.20. The number of amides is 1. The predicted molar refractivity (Wildman–Crippen MR) is 104 cm³/mol. The van der Waals surface area contributed by atoms with Crippen molar-refractivity contribution in [3.63, 3.8) is 0 Å². The Morgan fingerprint density at radius 3 is 2.36 bits per heavy atom. The summed E-state index contributed by atoms with van der Waals surface area (Å²) in [5.41, 5.74) is -0.293. The number of hydrogen-bond acceptors (Lipinski definition) is 3. The topological polar surface area (TPSA) is 60.0 Å². The number of piperidine rings is 1. The minimum atomic E-state index is -0.293. The fourth-order valence-electron chi connectivity index (χ4n) is 4.05. The molecule has 1 heterocycles. The van der Waals surface area contributed by atoms with Crippen LogP contribution in [0.5, 0.6) is 0 Å². The van der Waals surface area contributed by atoms with Crippen LogP contribution in [0.2, 0.25) is 0 Å². The molecule has 0 atom stereocenters. The van der Waals surface area contributed by atoms with Crippen molar-refractivity contribution < 1.29 is 4.79 Å². The molecule has 1 aliphatic carbocycles. The molecule has 0 radical (unpaired) electrons. The Balaban J connectivity index is 1.89. The van der Waals surface area contributed by atoms with Gasteiger partial charge in [0.1, 0.15) is 0 Å². The van der Waals surface area contributed by atoms with Crippen molar-refractivity contribution in [2.24, 2.45) is 10.4 Å². The summed E-state index contributed by atoms with van der Waals surface area (Å²) < 4.78 is 0. The van der Waals surface area contributed by atoms with Crippen LogP contribution in [0.3, 0.4) is 0 Å². The molecular formula is C19H37N5O. The van der Waals surface area contributed by atoms with Gasteiger partial charge in [-0.1, -0.05) is 19.3 Å². The normalized spacial score (nSPS) is 21.2. The molecule has 6 heteroatoms. The standard InChI is InChI=1S/C19H37N5O/c1-4-20-18(21-12-15-24-13-8-5-9-14-24)22-16-19(10-6-7-11-19)17(25)23(2)3/h4-16H2,1-3H3,(H2,20,21,22). The molecular weight excluding hydrogens is 314 g/mol. The van der Waals surface area contributed by atoms with E-state index in [0.29, 0.717) is 6.54 Å². The van der Waals surface area contributed by atoms with Gasteiger partial charge in [-0.3, -0.25) is 9.79 Å². The maximum atomic E-state index is 12.7. The molecule has 6 nitrogen and oxygen atoms in total. The van der Waals surface area contributed by atoms with E-state index in [-0.39, 0.29) is 11.3 Å². The van der Waals surface area contributed by atoms with Gasteiger partial charge in [-0.15, -0.1) is 0 Å². The highest BCUT2D eigenvalue weighted by molar-refractivity contribution is 5.84. The molecule has 2 fully saturated rings. The molecule has 0 aromatic rings. The lowest BCUT2D eigenvalue weighted by Crippen LogP contribution is -2.44. The van der Waals surface area contributed by atoms with Gasteiger partial charge in [0, 0.05) is 33.7 Å². The van der Waals surface area contributed by atoms with Gasteiger partial charge >= 0.3 is 0 Å². The van der Waals surface area contributed by atoms with Crippen LogP contribution in [0.1, 0.15) is 51.9 Å². The number of rotatable bonds is 7. The highest BCUT2D eigenvalue weighted by Gasteiger charge is 2.42. The third kappa shape index (κ3) is 5.87. The summed E-state index contributed by atoms with van der Waals surface area (Å²) in [5, 5.41) is 6.77. The largest absolute Gasteiger partial charge is 0.357 e. The lowest BCUT2D eigenvalue weighted by atomic mass is 9.85. The molecule has 1 aliphatic heterocycles. The highest BCUT2D eigenvalue weighted by Crippen LogP contribution is 2.39. The number of hydrogen-bond donors (Lipinski definition) is 2. The van der Waals surface area contributed by atoms with Crippen LogP contribution in [-0.2, 0) is 4.79 Å². The lowest BCUT2D eigenvalue weighted by Gasteiger charge is -2.29. The van der Waals surface area contributed by atoms with Crippen LogP contribution in [0, 0.1) is 5.41 Å². The van der Waals surface area contributed by atoms with Gasteiger partial charge < -0.3 is 20.4 Å². The molecule has 0 aromatic heterocycles. The number of carbonyl (C=O) groups excluding carboxylic acids is 1. The van der Waals surface area contributed by atoms with E-state index in [9.17, 15) is 4.79 Å². The van der Waals surface area contributed by atoms with Crippen LogP contribution >= 0.6 is 0 Å². The van der Waals surface area contributed by atoms with Gasteiger partial charge in [0.2, 0.25) is 5.91 Å². The molecule has 2 N–H and O–H groups in total. The van der Waals surface area contributed by atoms with Crippen molar-refractivity contribution in [1.29, 1.82) is 0 Å². The van der Waals surface area contributed by atoms with Gasteiger partial charge in [0.05, 0.1) is 12.0 Å². The van der Waals surface area contributed by atoms with E-state index in [2.05, 4.69) is 22.5 Å². The molecule has 144 valence electrons. The van der Waals surface area contributed by atoms with E-state index < -0.39 is 0 Å². The minimum absolute atomic E-state index is 0.234. The quantitative estimate of drug-likeness (QED) is 0.541. The second-order valence-electron chi connectivity index (χ2n) is 7.71. The van der Waals surface area contributed by atoms with Crippen LogP contribution in [0.4, 0.5) is 0 Å². The number of nitrogens with one attached hydrogen (secondary N) is 2. The van der Waals surface area contributed by atoms with Crippen molar-refractivity contribution in [3.8, 4) is 0 Å². The Morgan fingerprint density at radius 1 is 1.08 bits per heavy atom. The van der Waals surface area contributed by atoms with E-state index in [0.717, 1.165) is 51.3 Å². The second kappa shape index (κ2) is 10.00. The third-order valence-corrected chi connectivity index (χ3v) is 5.47. The van der Waals surface area contributed by atoms with E-state index in [1.54, 1.807) is 4.90 Å². The number of nitrogens with zero attached hydrogens (tertiary/aromatic N) is 3. The second-order valence-corrected chi connectivity index (χ2v) is 7.71. The van der Waals surface area contributed by atoms with E-state index in [1.807, 2.05) is 14.1 Å². The molecule has 2 aliphatic rings. The van der Waals surface area contributed by atoms with Crippen molar-refractivity contribution >= 4 is 11.9 Å². The first kappa shape index (κ1) is 20.0. The molecule has 1 saturated carbocycles. The van der Waals surface area contributed by atoms with Crippen molar-refractivity contribution in [3.05, 3.63) is 0 Å². The summed E-state index contributed by atoms with van der Waals surface area (Å²) in [7, 11) is 3.71. The maximum absolute atomic E-state index is 12.7. The number of aliphatic imine (C=N–C) groups is 1. The van der Waals surface area contributed by atoms with Crippen LogP contribution < -0.4 is 10.6 Å². The van der Waals surface area contributed by atoms with Crippen molar-refractivity contribution in [2.75, 3.05) is 53.4 Å². The first-order valence-corrected chi connectivity index (χ1v) is 10.0. The zero-order valence-corrected chi connectivity index (χ0v) is 16.4. The molecule has 0 unspecified atom stereocenters. The molecule has 0 spiro atoms. The summed E-state index contributed by atoms with van der Waals surface area (Å²) in [6, 6.07) is 0. The monoisotopic (exact) mass is 351 g/mol. The van der Waals surface area contributed by atoms with Crippen LogP contribution in [0.15, 0.2) is 4.99 Å². The number of carbonyl (C=O) groups is 1. The first-order valence-electron chi connectivity index (χ1n) is 10.0.